The third-order valence-electron chi connectivity index (χ3n) is 4.42. The molecule has 0 saturated carbocycles. The van der Waals surface area contributed by atoms with E-state index in [4.69, 9.17) is 4.52 Å². The summed E-state index contributed by atoms with van der Waals surface area (Å²) in [5.41, 5.74) is 0.789. The van der Waals surface area contributed by atoms with Crippen molar-refractivity contribution in [2.45, 2.75) is 26.0 Å². The topological polar surface area (TPSA) is 102 Å². The fraction of sp³-hybridized carbons (Fsp3) is 0.238. The number of aliphatic hydroxyl groups is 1. The highest BCUT2D eigenvalue weighted by molar-refractivity contribution is 5.63. The highest BCUT2D eigenvalue weighted by Crippen LogP contribution is 2.26. The summed E-state index contributed by atoms with van der Waals surface area (Å²) in [5.74, 6) is -0.909. The summed E-state index contributed by atoms with van der Waals surface area (Å²) in [4.78, 5) is 8.24. The van der Waals surface area contributed by atoms with Crippen LogP contribution in [-0.4, -0.2) is 42.2 Å². The maximum absolute atomic E-state index is 14.2. The van der Waals surface area contributed by atoms with E-state index in [1.807, 2.05) is 0 Å². The van der Waals surface area contributed by atoms with Gasteiger partial charge in [-0.3, -0.25) is 4.68 Å². The van der Waals surface area contributed by atoms with Gasteiger partial charge in [-0.1, -0.05) is 23.4 Å². The van der Waals surface area contributed by atoms with Gasteiger partial charge in [0.15, 0.2) is 17.5 Å². The molecule has 0 saturated heterocycles. The Bertz CT molecular complexity index is 1190. The molecule has 0 aliphatic carbocycles. The maximum atomic E-state index is 14.2. The minimum Gasteiger partial charge on any atom is -0.389 e. The lowest BCUT2D eigenvalue weighted by atomic mass is 10.1. The average Bonchev–Trinajstić information content (AvgIpc) is 3.38. The lowest BCUT2D eigenvalue weighted by Gasteiger charge is -2.18. The van der Waals surface area contributed by atoms with E-state index in [1.165, 1.54) is 12.3 Å². The number of halogens is 2. The van der Waals surface area contributed by atoms with E-state index in [-0.39, 0.29) is 30.5 Å². The zero-order chi connectivity index (χ0) is 22.0. The molecule has 3 aromatic heterocycles. The van der Waals surface area contributed by atoms with Gasteiger partial charge in [0.1, 0.15) is 23.5 Å². The van der Waals surface area contributed by atoms with Gasteiger partial charge in [0, 0.05) is 18.2 Å². The minimum atomic E-state index is -1.06. The molecule has 0 fully saturated rings. The first-order valence-electron chi connectivity index (χ1n) is 9.51. The van der Waals surface area contributed by atoms with Crippen LogP contribution in [0, 0.1) is 11.6 Å². The predicted octanol–water partition coefficient (Wildman–Crippen LogP) is 3.50. The Morgan fingerprint density at radius 1 is 1.13 bits per heavy atom. The van der Waals surface area contributed by atoms with Crippen LogP contribution in [0.4, 0.5) is 14.6 Å². The number of nitrogens with zero attached hydrogens (tertiary/aromatic N) is 5. The van der Waals surface area contributed by atoms with Crippen molar-refractivity contribution in [2.75, 3.05) is 11.9 Å². The second-order valence-electron chi connectivity index (χ2n) is 7.60. The van der Waals surface area contributed by atoms with E-state index < -0.39 is 11.4 Å². The SMILES string of the molecule is CC(C)(O)CNc1nc(-c2cc(-c3ccon3)n(Cc3ccccc3F)n2)ncc1F. The van der Waals surface area contributed by atoms with Gasteiger partial charge in [-0.15, -0.1) is 0 Å². The molecule has 31 heavy (non-hydrogen) atoms. The monoisotopic (exact) mass is 426 g/mol. The number of aromatic nitrogens is 5. The molecule has 8 nitrogen and oxygen atoms in total. The van der Waals surface area contributed by atoms with Crippen molar-refractivity contribution in [3.05, 3.63) is 66.1 Å². The van der Waals surface area contributed by atoms with E-state index in [0.717, 1.165) is 6.20 Å². The van der Waals surface area contributed by atoms with Crippen molar-refractivity contribution in [3.63, 3.8) is 0 Å². The van der Waals surface area contributed by atoms with Crippen molar-refractivity contribution in [3.8, 4) is 22.9 Å². The van der Waals surface area contributed by atoms with Crippen molar-refractivity contribution >= 4 is 5.82 Å². The van der Waals surface area contributed by atoms with Crippen molar-refractivity contribution < 1.29 is 18.4 Å². The number of anilines is 1. The first-order valence-corrected chi connectivity index (χ1v) is 9.51. The van der Waals surface area contributed by atoms with Gasteiger partial charge < -0.3 is 14.9 Å². The van der Waals surface area contributed by atoms with Crippen molar-refractivity contribution in [1.29, 1.82) is 0 Å². The maximum Gasteiger partial charge on any atom is 0.183 e. The molecule has 10 heteroatoms. The van der Waals surface area contributed by atoms with Crippen LogP contribution in [0.15, 0.2) is 53.4 Å². The number of nitrogens with one attached hydrogen (secondary N) is 1. The Labute approximate surface area is 176 Å². The molecule has 0 amide bonds. The van der Waals surface area contributed by atoms with Crippen LogP contribution in [-0.2, 0) is 6.54 Å². The van der Waals surface area contributed by atoms with E-state index in [9.17, 15) is 13.9 Å². The Hall–Kier alpha value is -3.66. The van der Waals surface area contributed by atoms with Crippen LogP contribution < -0.4 is 5.32 Å². The number of benzene rings is 1. The predicted molar refractivity (Wildman–Crippen MR) is 109 cm³/mol. The molecule has 0 aliphatic rings. The Kier molecular flexibility index (Phi) is 5.47. The van der Waals surface area contributed by atoms with Crippen molar-refractivity contribution in [1.82, 2.24) is 24.9 Å². The van der Waals surface area contributed by atoms with Gasteiger partial charge in [0.05, 0.1) is 24.0 Å². The molecule has 0 atom stereocenters. The fourth-order valence-electron chi connectivity index (χ4n) is 2.90. The zero-order valence-electron chi connectivity index (χ0n) is 16.9. The number of rotatable bonds is 7. The Morgan fingerprint density at radius 3 is 2.65 bits per heavy atom. The smallest absolute Gasteiger partial charge is 0.183 e. The van der Waals surface area contributed by atoms with Crippen LogP contribution in [0.25, 0.3) is 22.9 Å². The molecule has 0 radical (unpaired) electrons. The summed E-state index contributed by atoms with van der Waals surface area (Å²) in [7, 11) is 0. The van der Waals surface area contributed by atoms with Gasteiger partial charge >= 0.3 is 0 Å². The molecule has 4 aromatic rings. The minimum absolute atomic E-state index is 0.0567. The van der Waals surface area contributed by atoms with Crippen LogP contribution in [0.5, 0.6) is 0 Å². The van der Waals surface area contributed by atoms with Crippen LogP contribution in [0.3, 0.4) is 0 Å². The molecule has 2 N–H and O–H groups in total. The van der Waals surface area contributed by atoms with Gasteiger partial charge in [0.25, 0.3) is 0 Å². The first-order chi connectivity index (χ1) is 14.8. The van der Waals surface area contributed by atoms with Gasteiger partial charge in [0.2, 0.25) is 0 Å². The fourth-order valence-corrected chi connectivity index (χ4v) is 2.90. The molecule has 0 spiro atoms. The van der Waals surface area contributed by atoms with E-state index in [2.05, 4.69) is 25.5 Å². The van der Waals surface area contributed by atoms with Gasteiger partial charge in [-0.05, 0) is 26.0 Å². The molecule has 160 valence electrons. The van der Waals surface area contributed by atoms with Gasteiger partial charge in [-0.2, -0.15) is 5.10 Å². The first kappa shape index (κ1) is 20.6. The van der Waals surface area contributed by atoms with Crippen molar-refractivity contribution in [2.24, 2.45) is 0 Å². The average molecular weight is 426 g/mol. The lowest BCUT2D eigenvalue weighted by Crippen LogP contribution is -2.30. The number of hydrogen-bond donors (Lipinski definition) is 2. The molecule has 0 aliphatic heterocycles. The third kappa shape index (κ3) is 4.75. The molecule has 4 rings (SSSR count). The van der Waals surface area contributed by atoms with Crippen LogP contribution >= 0.6 is 0 Å². The lowest BCUT2D eigenvalue weighted by molar-refractivity contribution is 0.0943. The zero-order valence-corrected chi connectivity index (χ0v) is 16.9. The highest BCUT2D eigenvalue weighted by Gasteiger charge is 2.19. The number of hydrogen-bond acceptors (Lipinski definition) is 7. The summed E-state index contributed by atoms with van der Waals surface area (Å²) < 4.78 is 34.8. The summed E-state index contributed by atoms with van der Waals surface area (Å²) in [5, 5.41) is 21.1. The quantitative estimate of drug-likeness (QED) is 0.466. The molecule has 0 bridgehead atoms. The Morgan fingerprint density at radius 2 is 1.94 bits per heavy atom. The standard InChI is InChI=1S/C21H20F2N6O2/c1-21(2,30)12-25-19-15(23)10-24-20(26-19)17-9-18(16-7-8-31-28-16)29(27-17)11-13-5-3-4-6-14(13)22/h3-10,30H,11-12H2,1-2H3,(H,24,25,26). The van der Waals surface area contributed by atoms with Crippen LogP contribution in [0.1, 0.15) is 19.4 Å². The van der Waals surface area contributed by atoms with Gasteiger partial charge in [-0.25, -0.2) is 18.7 Å². The van der Waals surface area contributed by atoms with E-state index in [1.54, 1.807) is 48.9 Å². The summed E-state index contributed by atoms with van der Waals surface area (Å²) in [6, 6.07) is 9.71. The normalized spacial score (nSPS) is 11.6. The highest BCUT2D eigenvalue weighted by atomic mass is 19.1. The molecule has 1 aromatic carbocycles. The third-order valence-corrected chi connectivity index (χ3v) is 4.42. The Balaban J connectivity index is 1.72. The molecule has 0 unspecified atom stereocenters. The second kappa shape index (κ2) is 8.23. The summed E-state index contributed by atoms with van der Waals surface area (Å²) in [6.07, 6.45) is 2.45. The summed E-state index contributed by atoms with van der Waals surface area (Å²) >= 11 is 0. The van der Waals surface area contributed by atoms with Crippen LogP contribution in [0.2, 0.25) is 0 Å². The molecular formula is C21H20F2N6O2. The van der Waals surface area contributed by atoms with E-state index >= 15 is 0 Å². The molecular weight excluding hydrogens is 406 g/mol. The van der Waals surface area contributed by atoms with E-state index in [0.29, 0.717) is 22.6 Å². The summed E-state index contributed by atoms with van der Waals surface area (Å²) in [6.45, 7) is 3.41. The second-order valence-corrected chi connectivity index (χ2v) is 7.60. The molecule has 3 heterocycles. The largest absolute Gasteiger partial charge is 0.389 e.